The van der Waals surface area contributed by atoms with Crippen LogP contribution in [-0.2, 0) is 15.6 Å². The number of aromatic nitrogens is 3. The van der Waals surface area contributed by atoms with Gasteiger partial charge in [0, 0.05) is 14.1 Å². The average molecular weight is 329 g/mol. The molecule has 0 saturated heterocycles. The van der Waals surface area contributed by atoms with Crippen LogP contribution in [0.2, 0.25) is 0 Å². The number of sulfone groups is 1. The van der Waals surface area contributed by atoms with Gasteiger partial charge in [0.15, 0.2) is 27.3 Å². The summed E-state index contributed by atoms with van der Waals surface area (Å²) in [6, 6.07) is 2.34. The van der Waals surface area contributed by atoms with Crippen LogP contribution in [0.25, 0.3) is 0 Å². The lowest BCUT2D eigenvalue weighted by Gasteiger charge is -2.11. The Balaban J connectivity index is 2.38. The predicted molar refractivity (Wildman–Crippen MR) is 75.8 cm³/mol. The van der Waals surface area contributed by atoms with Gasteiger partial charge in [-0.05, 0) is 18.2 Å². The highest BCUT2D eigenvalue weighted by molar-refractivity contribution is 7.90. The third-order valence-corrected chi connectivity index (χ3v) is 4.27. The number of halogens is 2. The molecule has 0 amide bonds. The second kappa shape index (κ2) is 5.79. The molecule has 1 aromatic carbocycles. The minimum absolute atomic E-state index is 0.0825. The smallest absolute Gasteiger partial charge is 0.229 e. The van der Waals surface area contributed by atoms with Crippen molar-refractivity contribution in [3.63, 3.8) is 0 Å². The summed E-state index contributed by atoms with van der Waals surface area (Å²) in [4.78, 5) is 12.7. The molecule has 2 rings (SSSR count). The van der Waals surface area contributed by atoms with E-state index in [4.69, 9.17) is 5.73 Å². The van der Waals surface area contributed by atoms with E-state index in [1.54, 1.807) is 14.1 Å². The monoisotopic (exact) mass is 329 g/mol. The van der Waals surface area contributed by atoms with Crippen molar-refractivity contribution in [3.8, 4) is 0 Å². The van der Waals surface area contributed by atoms with Crippen LogP contribution < -0.4 is 10.6 Å². The fraction of sp³-hybridized carbons (Fsp3) is 0.250. The summed E-state index contributed by atoms with van der Waals surface area (Å²) in [5, 5.41) is 0. The summed E-state index contributed by atoms with van der Waals surface area (Å²) >= 11 is 0. The molecule has 0 radical (unpaired) electrons. The molecular formula is C12H13F2N5O2S. The largest absolute Gasteiger partial charge is 0.368 e. The SMILES string of the molecule is CN(C)c1nc(N)nc(CS(=O)(=O)c2ccc(F)c(F)c2)n1. The molecule has 1 heterocycles. The molecule has 0 aliphatic rings. The standard InChI is InChI=1S/C12H13F2N5O2S/c1-19(2)12-17-10(16-11(15)18-12)6-22(20,21)7-3-4-8(13)9(14)5-7/h3-5H,6H2,1-2H3,(H2,15,16,17,18). The maximum absolute atomic E-state index is 13.2. The molecule has 1 aromatic heterocycles. The molecule has 10 heteroatoms. The van der Waals surface area contributed by atoms with E-state index in [1.807, 2.05) is 0 Å². The van der Waals surface area contributed by atoms with Gasteiger partial charge >= 0.3 is 0 Å². The zero-order valence-corrected chi connectivity index (χ0v) is 12.6. The Morgan fingerprint density at radius 3 is 2.41 bits per heavy atom. The second-order valence-corrected chi connectivity index (χ2v) is 6.63. The normalized spacial score (nSPS) is 11.5. The van der Waals surface area contributed by atoms with E-state index in [0.29, 0.717) is 6.07 Å². The van der Waals surface area contributed by atoms with Gasteiger partial charge in [-0.25, -0.2) is 17.2 Å². The fourth-order valence-corrected chi connectivity index (χ4v) is 2.81. The molecule has 0 saturated carbocycles. The topological polar surface area (TPSA) is 102 Å². The van der Waals surface area contributed by atoms with Gasteiger partial charge in [0.1, 0.15) is 5.75 Å². The van der Waals surface area contributed by atoms with Crippen molar-refractivity contribution in [2.45, 2.75) is 10.6 Å². The molecule has 118 valence electrons. The highest BCUT2D eigenvalue weighted by Gasteiger charge is 2.20. The van der Waals surface area contributed by atoms with Crippen molar-refractivity contribution in [3.05, 3.63) is 35.7 Å². The summed E-state index contributed by atoms with van der Waals surface area (Å²) in [7, 11) is -0.635. The second-order valence-electron chi connectivity index (χ2n) is 4.64. The van der Waals surface area contributed by atoms with Crippen LogP contribution in [-0.4, -0.2) is 37.5 Å². The number of nitrogen functional groups attached to an aromatic ring is 1. The van der Waals surface area contributed by atoms with Gasteiger partial charge in [-0.15, -0.1) is 0 Å². The summed E-state index contributed by atoms with van der Waals surface area (Å²) in [6.07, 6.45) is 0. The van der Waals surface area contributed by atoms with Crippen LogP contribution in [0.3, 0.4) is 0 Å². The number of hydrogen-bond donors (Lipinski definition) is 1. The number of rotatable bonds is 4. The Morgan fingerprint density at radius 1 is 1.14 bits per heavy atom. The lowest BCUT2D eigenvalue weighted by molar-refractivity contribution is 0.504. The van der Waals surface area contributed by atoms with E-state index in [9.17, 15) is 17.2 Å². The van der Waals surface area contributed by atoms with E-state index in [0.717, 1.165) is 12.1 Å². The van der Waals surface area contributed by atoms with Gasteiger partial charge < -0.3 is 10.6 Å². The van der Waals surface area contributed by atoms with Crippen LogP contribution in [0.5, 0.6) is 0 Å². The third-order valence-electron chi connectivity index (χ3n) is 2.66. The molecular weight excluding hydrogens is 316 g/mol. The highest BCUT2D eigenvalue weighted by Crippen LogP contribution is 2.18. The molecule has 0 atom stereocenters. The van der Waals surface area contributed by atoms with Gasteiger partial charge in [0.2, 0.25) is 11.9 Å². The third kappa shape index (κ3) is 3.45. The van der Waals surface area contributed by atoms with Gasteiger partial charge in [-0.1, -0.05) is 0 Å². The van der Waals surface area contributed by atoms with Gasteiger partial charge in [-0.2, -0.15) is 15.0 Å². The number of benzene rings is 1. The first kappa shape index (κ1) is 16.0. The quantitative estimate of drug-likeness (QED) is 0.827. The number of anilines is 2. The number of hydrogen-bond acceptors (Lipinski definition) is 7. The molecule has 0 bridgehead atoms. The molecule has 0 aliphatic carbocycles. The summed E-state index contributed by atoms with van der Waals surface area (Å²) in [5.41, 5.74) is 5.51. The first-order valence-corrected chi connectivity index (χ1v) is 7.70. The van der Waals surface area contributed by atoms with Crippen molar-refractivity contribution in [2.75, 3.05) is 24.7 Å². The maximum Gasteiger partial charge on any atom is 0.229 e. The molecule has 2 N–H and O–H groups in total. The van der Waals surface area contributed by atoms with Gasteiger partial charge in [0.25, 0.3) is 0 Å². The fourth-order valence-electron chi connectivity index (χ4n) is 1.61. The van der Waals surface area contributed by atoms with E-state index < -0.39 is 27.2 Å². The van der Waals surface area contributed by atoms with Crippen LogP contribution in [0, 0.1) is 11.6 Å². The van der Waals surface area contributed by atoms with Crippen LogP contribution >= 0.6 is 0 Å². The number of nitrogens with zero attached hydrogens (tertiary/aromatic N) is 4. The van der Waals surface area contributed by atoms with E-state index in [1.165, 1.54) is 4.90 Å². The molecule has 0 unspecified atom stereocenters. The zero-order valence-electron chi connectivity index (χ0n) is 11.8. The first-order valence-electron chi connectivity index (χ1n) is 6.04. The maximum atomic E-state index is 13.2. The summed E-state index contributed by atoms with van der Waals surface area (Å²) in [5.74, 6) is -2.99. The van der Waals surface area contributed by atoms with E-state index in [2.05, 4.69) is 15.0 Å². The van der Waals surface area contributed by atoms with Crippen LogP contribution in [0.4, 0.5) is 20.7 Å². The lowest BCUT2D eigenvalue weighted by Crippen LogP contribution is -2.17. The van der Waals surface area contributed by atoms with E-state index >= 15 is 0 Å². The first-order chi connectivity index (χ1) is 10.2. The molecule has 0 aliphatic heterocycles. The Bertz CT molecular complexity index is 811. The lowest BCUT2D eigenvalue weighted by atomic mass is 10.3. The van der Waals surface area contributed by atoms with Crippen molar-refractivity contribution in [1.82, 2.24) is 15.0 Å². The van der Waals surface area contributed by atoms with Gasteiger partial charge in [0.05, 0.1) is 4.90 Å². The minimum Gasteiger partial charge on any atom is -0.368 e. The Kier molecular flexibility index (Phi) is 4.22. The summed E-state index contributed by atoms with van der Waals surface area (Å²) in [6.45, 7) is 0. The molecule has 2 aromatic rings. The Hall–Kier alpha value is -2.36. The average Bonchev–Trinajstić information content (AvgIpc) is 2.40. The van der Waals surface area contributed by atoms with Crippen LogP contribution in [0.15, 0.2) is 23.1 Å². The highest BCUT2D eigenvalue weighted by atomic mass is 32.2. The molecule has 22 heavy (non-hydrogen) atoms. The Morgan fingerprint density at radius 2 is 1.82 bits per heavy atom. The summed E-state index contributed by atoms with van der Waals surface area (Å²) < 4.78 is 50.5. The predicted octanol–water partition coefficient (Wildman–Crippen LogP) is 0.772. The van der Waals surface area contributed by atoms with Crippen molar-refractivity contribution < 1.29 is 17.2 Å². The Labute approximate surface area is 125 Å². The van der Waals surface area contributed by atoms with Crippen molar-refractivity contribution in [1.29, 1.82) is 0 Å². The molecule has 0 spiro atoms. The zero-order chi connectivity index (χ0) is 16.5. The molecule has 0 fully saturated rings. The number of nitrogens with two attached hydrogens (primary N) is 1. The van der Waals surface area contributed by atoms with Crippen LogP contribution in [0.1, 0.15) is 5.82 Å². The van der Waals surface area contributed by atoms with Crippen molar-refractivity contribution in [2.24, 2.45) is 0 Å². The molecule has 7 nitrogen and oxygen atoms in total. The van der Waals surface area contributed by atoms with Crippen molar-refractivity contribution >= 4 is 21.7 Å². The minimum atomic E-state index is -3.95. The van der Waals surface area contributed by atoms with Gasteiger partial charge in [-0.3, -0.25) is 0 Å². The van der Waals surface area contributed by atoms with E-state index in [-0.39, 0.29) is 22.6 Å².